The van der Waals surface area contributed by atoms with E-state index in [-0.39, 0.29) is 47.2 Å². The summed E-state index contributed by atoms with van der Waals surface area (Å²) >= 11 is 6.70. The lowest BCUT2D eigenvalue weighted by Gasteiger charge is -2.46. The summed E-state index contributed by atoms with van der Waals surface area (Å²) in [5.74, 6) is -7.18. The number of phenols is 1. The van der Waals surface area contributed by atoms with E-state index in [0.717, 1.165) is 0 Å². The number of rotatable bonds is 5. The van der Waals surface area contributed by atoms with E-state index in [4.69, 9.17) is 17.3 Å². The first-order valence-corrected chi connectivity index (χ1v) is 12.1. The minimum Gasteiger partial charge on any atom is -0.508 e. The van der Waals surface area contributed by atoms with Crippen LogP contribution in [0.25, 0.3) is 5.76 Å². The molecule has 1 saturated carbocycles. The Hall–Kier alpha value is -3.41. The minimum atomic E-state index is -2.62. The highest BCUT2D eigenvalue weighted by Gasteiger charge is 2.60. The van der Waals surface area contributed by atoms with E-state index < -0.39 is 64.5 Å². The van der Waals surface area contributed by atoms with Gasteiger partial charge in [0.1, 0.15) is 22.8 Å². The Kier molecular flexibility index (Phi) is 6.60. The predicted molar refractivity (Wildman–Crippen MR) is 131 cm³/mol. The Labute approximate surface area is 217 Å². The first kappa shape index (κ1) is 26.6. The number of ketones is 2. The molecule has 1 fully saturated rings. The molecule has 3 aliphatic rings. The number of amides is 2. The van der Waals surface area contributed by atoms with E-state index >= 15 is 0 Å². The first-order valence-electron chi connectivity index (χ1n) is 11.7. The van der Waals surface area contributed by atoms with Crippen LogP contribution in [0.4, 0.5) is 0 Å². The highest BCUT2D eigenvalue weighted by Crippen LogP contribution is 2.53. The van der Waals surface area contributed by atoms with E-state index in [1.807, 2.05) is 0 Å². The lowest BCUT2D eigenvalue weighted by atomic mass is 9.59. The van der Waals surface area contributed by atoms with Crippen LogP contribution in [-0.4, -0.2) is 74.4 Å². The Morgan fingerprint density at radius 2 is 1.92 bits per heavy atom. The number of nitrogens with one attached hydrogen (secondary N) is 1. The maximum absolute atomic E-state index is 13.5. The van der Waals surface area contributed by atoms with E-state index in [1.54, 1.807) is 18.9 Å². The van der Waals surface area contributed by atoms with Gasteiger partial charge in [-0.05, 0) is 49.9 Å². The third-order valence-electron chi connectivity index (χ3n) is 7.78. The van der Waals surface area contributed by atoms with Crippen molar-refractivity contribution in [3.8, 4) is 5.75 Å². The number of aromatic hydroxyl groups is 1. The number of carbonyl (C=O) groups is 4. The molecule has 3 unspecified atom stereocenters. The van der Waals surface area contributed by atoms with Crippen LogP contribution in [0.1, 0.15) is 36.5 Å². The number of carbonyl (C=O) groups excluding carboxylic acids is 4. The molecule has 0 spiro atoms. The van der Waals surface area contributed by atoms with Crippen molar-refractivity contribution in [2.45, 2.75) is 44.4 Å². The standard InChI is InChI=1S/C25H28ClN3O8/c1-9(24(36)28-2)29(3)8-11-6-14(30)17-13(19(11)26)5-10-4-12-7-15(31)18(23(27)35)22(34)25(12,37)21(33)16(10)20(17)32/h6,9-10,12,30,32,34,37H,4-5,7-8H2,1-3H3,(H2,27,35)(H,28,36)/t9-,10?,12?,25?/m1/s1. The molecule has 1 aromatic rings. The maximum Gasteiger partial charge on any atom is 0.255 e. The third-order valence-corrected chi connectivity index (χ3v) is 8.25. The average molecular weight is 534 g/mol. The molecule has 7 N–H and O–H groups in total. The second-order valence-corrected chi connectivity index (χ2v) is 10.2. The number of aliphatic hydroxyl groups is 3. The van der Waals surface area contributed by atoms with Crippen molar-refractivity contribution < 1.29 is 39.6 Å². The molecule has 198 valence electrons. The summed E-state index contributed by atoms with van der Waals surface area (Å²) in [7, 11) is 3.23. The number of phenolic OH excluding ortho intramolecular Hbond substituents is 1. The molecule has 11 nitrogen and oxygen atoms in total. The summed E-state index contributed by atoms with van der Waals surface area (Å²) in [6.07, 6.45) is -0.287. The van der Waals surface area contributed by atoms with Crippen molar-refractivity contribution in [3.05, 3.63) is 44.7 Å². The van der Waals surface area contributed by atoms with Crippen LogP contribution in [0.5, 0.6) is 5.75 Å². The van der Waals surface area contributed by atoms with Crippen LogP contribution in [-0.2, 0) is 32.1 Å². The maximum atomic E-state index is 13.5. The number of nitrogens with zero attached hydrogens (tertiary/aromatic N) is 1. The van der Waals surface area contributed by atoms with Crippen molar-refractivity contribution in [3.63, 3.8) is 0 Å². The van der Waals surface area contributed by atoms with Crippen LogP contribution in [0.3, 0.4) is 0 Å². The summed E-state index contributed by atoms with van der Waals surface area (Å²) in [5.41, 5.74) is 2.28. The van der Waals surface area contributed by atoms with Crippen LogP contribution < -0.4 is 11.1 Å². The monoisotopic (exact) mass is 533 g/mol. The molecule has 2 amide bonds. The number of Topliss-reactive ketones (excluding diaryl/α,β-unsaturated/α-hetero) is 2. The summed E-state index contributed by atoms with van der Waals surface area (Å²) in [4.78, 5) is 51.4. The molecule has 1 aromatic carbocycles. The molecule has 0 aliphatic heterocycles. The third kappa shape index (κ3) is 3.89. The number of hydrogen-bond donors (Lipinski definition) is 6. The zero-order valence-corrected chi connectivity index (χ0v) is 21.2. The van der Waals surface area contributed by atoms with Crippen molar-refractivity contribution in [1.29, 1.82) is 0 Å². The van der Waals surface area contributed by atoms with Crippen LogP contribution in [0, 0.1) is 11.8 Å². The molecule has 12 heteroatoms. The molecular weight excluding hydrogens is 506 g/mol. The minimum absolute atomic E-state index is 0.0117. The lowest BCUT2D eigenvalue weighted by Crippen LogP contribution is -2.58. The fourth-order valence-corrected chi connectivity index (χ4v) is 5.94. The number of halogens is 1. The van der Waals surface area contributed by atoms with Gasteiger partial charge in [0, 0.05) is 36.5 Å². The van der Waals surface area contributed by atoms with Gasteiger partial charge < -0.3 is 31.5 Å². The second kappa shape index (κ2) is 9.16. The largest absolute Gasteiger partial charge is 0.508 e. The Bertz CT molecular complexity index is 1320. The molecule has 4 rings (SSSR count). The lowest BCUT2D eigenvalue weighted by molar-refractivity contribution is -0.147. The summed E-state index contributed by atoms with van der Waals surface area (Å²) in [5, 5.41) is 46.6. The van der Waals surface area contributed by atoms with Crippen LogP contribution >= 0.6 is 11.6 Å². The molecule has 0 heterocycles. The molecule has 3 aliphatic carbocycles. The van der Waals surface area contributed by atoms with E-state index in [2.05, 4.69) is 5.32 Å². The number of fused-ring (bicyclic) bond motifs is 3. The topological polar surface area (TPSA) is 190 Å². The van der Waals surface area contributed by atoms with Crippen molar-refractivity contribution >= 4 is 40.7 Å². The predicted octanol–water partition coefficient (Wildman–Crippen LogP) is 0.644. The SMILES string of the molecule is CNC(=O)[C@@H](C)N(C)Cc1cc(O)c2c(c1Cl)CC1CC3CC(=O)C(C(N)=O)=C(O)C3(O)C(=O)C1=C2O. The van der Waals surface area contributed by atoms with Gasteiger partial charge in [-0.2, -0.15) is 0 Å². The van der Waals surface area contributed by atoms with Gasteiger partial charge in [0.25, 0.3) is 5.91 Å². The van der Waals surface area contributed by atoms with Crippen molar-refractivity contribution in [2.24, 2.45) is 17.6 Å². The van der Waals surface area contributed by atoms with Gasteiger partial charge in [0.2, 0.25) is 11.7 Å². The zero-order valence-electron chi connectivity index (χ0n) is 20.5. The van der Waals surface area contributed by atoms with Crippen LogP contribution in [0.15, 0.2) is 23.0 Å². The van der Waals surface area contributed by atoms with Gasteiger partial charge in [0.05, 0.1) is 11.6 Å². The first-order chi connectivity index (χ1) is 17.2. The molecule has 4 atom stereocenters. The molecule has 0 aromatic heterocycles. The molecular formula is C25H28ClN3O8. The molecule has 37 heavy (non-hydrogen) atoms. The number of hydrogen-bond acceptors (Lipinski definition) is 9. The summed E-state index contributed by atoms with van der Waals surface area (Å²) in [6, 6.07) is 0.834. The highest BCUT2D eigenvalue weighted by atomic mass is 35.5. The van der Waals surface area contributed by atoms with Gasteiger partial charge in [-0.25, -0.2) is 0 Å². The zero-order chi connectivity index (χ0) is 27.6. The normalized spacial score (nSPS) is 26.0. The highest BCUT2D eigenvalue weighted by molar-refractivity contribution is 6.32. The number of primary amides is 1. The summed E-state index contributed by atoms with van der Waals surface area (Å²) in [6.45, 7) is 1.90. The number of nitrogens with two attached hydrogens (primary N) is 1. The Balaban J connectivity index is 1.80. The van der Waals surface area contributed by atoms with Gasteiger partial charge in [0.15, 0.2) is 11.4 Å². The Morgan fingerprint density at radius 1 is 1.27 bits per heavy atom. The molecule has 0 radical (unpaired) electrons. The fraction of sp³-hybridized carbons (Fsp3) is 0.440. The summed E-state index contributed by atoms with van der Waals surface area (Å²) < 4.78 is 0. The number of benzene rings is 1. The van der Waals surface area contributed by atoms with Gasteiger partial charge in [-0.1, -0.05) is 11.6 Å². The fourth-order valence-electron chi connectivity index (χ4n) is 5.65. The van der Waals surface area contributed by atoms with Crippen LogP contribution in [0.2, 0.25) is 5.02 Å². The molecule has 0 saturated heterocycles. The number of aliphatic hydroxyl groups excluding tert-OH is 2. The average Bonchev–Trinajstić information content (AvgIpc) is 2.82. The van der Waals surface area contributed by atoms with Gasteiger partial charge >= 0.3 is 0 Å². The quantitative estimate of drug-likeness (QED) is 0.295. The van der Waals surface area contributed by atoms with E-state index in [0.29, 0.717) is 11.1 Å². The second-order valence-electron chi connectivity index (χ2n) is 9.83. The van der Waals surface area contributed by atoms with E-state index in [9.17, 15) is 39.6 Å². The van der Waals surface area contributed by atoms with Gasteiger partial charge in [-0.15, -0.1) is 0 Å². The van der Waals surface area contributed by atoms with Gasteiger partial charge in [-0.3, -0.25) is 24.1 Å². The number of likely N-dealkylation sites (N-methyl/N-ethyl adjacent to an activating group) is 2. The van der Waals surface area contributed by atoms with Crippen molar-refractivity contribution in [2.75, 3.05) is 14.1 Å². The Morgan fingerprint density at radius 3 is 2.51 bits per heavy atom. The van der Waals surface area contributed by atoms with Crippen molar-refractivity contribution in [1.82, 2.24) is 10.2 Å². The molecule has 0 bridgehead atoms. The smallest absolute Gasteiger partial charge is 0.255 e. The van der Waals surface area contributed by atoms with E-state index in [1.165, 1.54) is 13.1 Å².